The van der Waals surface area contributed by atoms with Gasteiger partial charge in [-0.15, -0.1) is 0 Å². The van der Waals surface area contributed by atoms with E-state index in [-0.39, 0.29) is 11.7 Å². The SMILES string of the molecule is C[C@@H](c1ccccc1)n1ccn(Cc2ccccc2)c1=O. The van der Waals surface area contributed by atoms with Crippen LogP contribution in [0.4, 0.5) is 0 Å². The molecule has 2 aromatic carbocycles. The van der Waals surface area contributed by atoms with E-state index in [0.29, 0.717) is 6.54 Å². The molecule has 0 bridgehead atoms. The molecule has 0 aliphatic rings. The second-order valence-corrected chi connectivity index (χ2v) is 5.19. The lowest BCUT2D eigenvalue weighted by Crippen LogP contribution is -2.26. The highest BCUT2D eigenvalue weighted by Gasteiger charge is 2.11. The number of aromatic nitrogens is 2. The fraction of sp³-hybridized carbons (Fsp3) is 0.167. The number of nitrogens with zero attached hydrogens (tertiary/aromatic N) is 2. The van der Waals surface area contributed by atoms with Gasteiger partial charge in [0.1, 0.15) is 0 Å². The summed E-state index contributed by atoms with van der Waals surface area (Å²) in [6.45, 7) is 2.65. The summed E-state index contributed by atoms with van der Waals surface area (Å²) in [6.07, 6.45) is 3.72. The van der Waals surface area contributed by atoms with Crippen molar-refractivity contribution < 1.29 is 0 Å². The molecular formula is C18H18N2O. The van der Waals surface area contributed by atoms with Crippen LogP contribution in [-0.4, -0.2) is 9.13 Å². The minimum Gasteiger partial charge on any atom is -0.295 e. The van der Waals surface area contributed by atoms with E-state index < -0.39 is 0 Å². The molecule has 3 heteroatoms. The van der Waals surface area contributed by atoms with Gasteiger partial charge in [-0.25, -0.2) is 4.79 Å². The lowest BCUT2D eigenvalue weighted by Gasteiger charge is -2.12. The summed E-state index contributed by atoms with van der Waals surface area (Å²) in [7, 11) is 0. The third kappa shape index (κ3) is 2.82. The molecule has 3 nitrogen and oxygen atoms in total. The van der Waals surface area contributed by atoms with Crippen molar-refractivity contribution in [3.8, 4) is 0 Å². The first-order valence-corrected chi connectivity index (χ1v) is 7.12. The number of hydrogen-bond donors (Lipinski definition) is 0. The predicted molar refractivity (Wildman–Crippen MR) is 84.5 cm³/mol. The Labute approximate surface area is 124 Å². The lowest BCUT2D eigenvalue weighted by molar-refractivity contribution is 0.591. The molecule has 0 saturated heterocycles. The fourth-order valence-corrected chi connectivity index (χ4v) is 2.52. The van der Waals surface area contributed by atoms with Crippen LogP contribution in [0.5, 0.6) is 0 Å². The van der Waals surface area contributed by atoms with Gasteiger partial charge in [0.2, 0.25) is 0 Å². The van der Waals surface area contributed by atoms with Crippen LogP contribution in [0.3, 0.4) is 0 Å². The number of rotatable bonds is 4. The molecule has 3 aromatic rings. The highest BCUT2D eigenvalue weighted by Crippen LogP contribution is 2.15. The van der Waals surface area contributed by atoms with E-state index in [4.69, 9.17) is 0 Å². The Kier molecular flexibility index (Phi) is 3.73. The van der Waals surface area contributed by atoms with Crippen molar-refractivity contribution in [3.63, 3.8) is 0 Å². The topological polar surface area (TPSA) is 26.9 Å². The maximum atomic E-state index is 12.5. The van der Waals surface area contributed by atoms with E-state index in [1.54, 1.807) is 9.13 Å². The second kappa shape index (κ2) is 5.83. The zero-order chi connectivity index (χ0) is 14.7. The molecule has 0 spiro atoms. The second-order valence-electron chi connectivity index (χ2n) is 5.19. The largest absolute Gasteiger partial charge is 0.328 e. The maximum absolute atomic E-state index is 12.5. The molecule has 0 N–H and O–H groups in total. The first-order chi connectivity index (χ1) is 10.3. The molecule has 0 aliphatic heterocycles. The molecule has 0 radical (unpaired) electrons. The van der Waals surface area contributed by atoms with Crippen LogP contribution in [0.15, 0.2) is 77.9 Å². The van der Waals surface area contributed by atoms with Gasteiger partial charge in [-0.05, 0) is 18.1 Å². The lowest BCUT2D eigenvalue weighted by atomic mass is 10.1. The average molecular weight is 278 g/mol. The van der Waals surface area contributed by atoms with Gasteiger partial charge >= 0.3 is 5.69 Å². The van der Waals surface area contributed by atoms with Gasteiger partial charge in [0.05, 0.1) is 12.6 Å². The Bertz CT molecular complexity index is 757. The molecule has 21 heavy (non-hydrogen) atoms. The van der Waals surface area contributed by atoms with Crippen LogP contribution in [0.25, 0.3) is 0 Å². The quantitative estimate of drug-likeness (QED) is 0.719. The molecule has 1 heterocycles. The van der Waals surface area contributed by atoms with Crippen molar-refractivity contribution in [3.05, 3.63) is 94.7 Å². The van der Waals surface area contributed by atoms with Crippen molar-refractivity contribution in [2.24, 2.45) is 0 Å². The first kappa shape index (κ1) is 13.4. The number of imidazole rings is 1. The average Bonchev–Trinajstić information content (AvgIpc) is 2.89. The van der Waals surface area contributed by atoms with Crippen LogP contribution in [0.1, 0.15) is 24.1 Å². The monoisotopic (exact) mass is 278 g/mol. The van der Waals surface area contributed by atoms with Gasteiger partial charge in [0.25, 0.3) is 0 Å². The van der Waals surface area contributed by atoms with Crippen molar-refractivity contribution in [1.82, 2.24) is 9.13 Å². The van der Waals surface area contributed by atoms with Gasteiger partial charge in [0.15, 0.2) is 0 Å². The Morgan fingerprint density at radius 3 is 2.19 bits per heavy atom. The molecular weight excluding hydrogens is 260 g/mol. The van der Waals surface area contributed by atoms with Gasteiger partial charge in [-0.1, -0.05) is 60.7 Å². The Morgan fingerprint density at radius 2 is 1.52 bits per heavy atom. The smallest absolute Gasteiger partial charge is 0.295 e. The zero-order valence-electron chi connectivity index (χ0n) is 12.0. The van der Waals surface area contributed by atoms with Crippen molar-refractivity contribution in [1.29, 1.82) is 0 Å². The van der Waals surface area contributed by atoms with Gasteiger partial charge in [0, 0.05) is 12.4 Å². The van der Waals surface area contributed by atoms with E-state index in [2.05, 4.69) is 0 Å². The summed E-state index contributed by atoms with van der Waals surface area (Å²) in [6, 6.07) is 20.1. The molecule has 0 fully saturated rings. The molecule has 0 saturated carbocycles. The summed E-state index contributed by atoms with van der Waals surface area (Å²) in [5.41, 5.74) is 2.29. The van der Waals surface area contributed by atoms with Crippen molar-refractivity contribution in [2.75, 3.05) is 0 Å². The molecule has 3 rings (SSSR count). The van der Waals surface area contributed by atoms with E-state index >= 15 is 0 Å². The maximum Gasteiger partial charge on any atom is 0.328 e. The highest BCUT2D eigenvalue weighted by molar-refractivity contribution is 5.19. The standard InChI is InChI=1S/C18H18N2O/c1-15(17-10-6-3-7-11-17)20-13-12-19(18(20)21)14-16-8-4-2-5-9-16/h2-13,15H,14H2,1H3/t15-/m0/s1. The van der Waals surface area contributed by atoms with Crippen LogP contribution >= 0.6 is 0 Å². The van der Waals surface area contributed by atoms with E-state index in [1.165, 1.54) is 0 Å². The van der Waals surface area contributed by atoms with Gasteiger partial charge < -0.3 is 0 Å². The number of benzene rings is 2. The molecule has 1 aromatic heterocycles. The van der Waals surface area contributed by atoms with Crippen molar-refractivity contribution in [2.45, 2.75) is 19.5 Å². The minimum atomic E-state index is 0.0233. The van der Waals surface area contributed by atoms with Crippen LogP contribution in [0, 0.1) is 0 Å². The Morgan fingerprint density at radius 1 is 0.905 bits per heavy atom. The van der Waals surface area contributed by atoms with Crippen LogP contribution in [-0.2, 0) is 6.54 Å². The zero-order valence-corrected chi connectivity index (χ0v) is 12.0. The Hall–Kier alpha value is -2.55. The van der Waals surface area contributed by atoms with E-state index in [9.17, 15) is 4.79 Å². The third-order valence-electron chi connectivity index (χ3n) is 3.77. The van der Waals surface area contributed by atoms with Crippen LogP contribution < -0.4 is 5.69 Å². The van der Waals surface area contributed by atoms with Gasteiger partial charge in [-0.3, -0.25) is 9.13 Å². The summed E-state index contributed by atoms with van der Waals surface area (Å²) in [4.78, 5) is 12.5. The Balaban J connectivity index is 1.88. The number of hydrogen-bond acceptors (Lipinski definition) is 1. The van der Waals surface area contributed by atoms with Gasteiger partial charge in [-0.2, -0.15) is 0 Å². The summed E-state index contributed by atoms with van der Waals surface area (Å²) < 4.78 is 3.52. The van der Waals surface area contributed by atoms with E-state index in [1.807, 2.05) is 80.0 Å². The molecule has 0 aliphatic carbocycles. The normalized spacial score (nSPS) is 12.2. The first-order valence-electron chi connectivity index (χ1n) is 7.12. The molecule has 0 amide bonds. The fourth-order valence-electron chi connectivity index (χ4n) is 2.52. The van der Waals surface area contributed by atoms with Crippen LogP contribution in [0.2, 0.25) is 0 Å². The summed E-state index contributed by atoms with van der Waals surface area (Å²) in [5, 5.41) is 0. The molecule has 1 atom stereocenters. The predicted octanol–water partition coefficient (Wildman–Crippen LogP) is 3.31. The summed E-state index contributed by atoms with van der Waals surface area (Å²) >= 11 is 0. The minimum absolute atomic E-state index is 0.0233. The highest BCUT2D eigenvalue weighted by atomic mass is 16.1. The third-order valence-corrected chi connectivity index (χ3v) is 3.77. The molecule has 106 valence electrons. The summed E-state index contributed by atoms with van der Waals surface area (Å²) in [5.74, 6) is 0. The van der Waals surface area contributed by atoms with E-state index in [0.717, 1.165) is 11.1 Å². The van der Waals surface area contributed by atoms with Crippen molar-refractivity contribution >= 4 is 0 Å². The molecule has 0 unspecified atom stereocenters.